The molecule has 0 aliphatic heterocycles. The van der Waals surface area contributed by atoms with E-state index >= 15 is 0 Å². The van der Waals surface area contributed by atoms with Crippen molar-refractivity contribution in [1.82, 2.24) is 0 Å². The summed E-state index contributed by atoms with van der Waals surface area (Å²) >= 11 is 0. The summed E-state index contributed by atoms with van der Waals surface area (Å²) in [6.45, 7) is 5.16. The standard InChI is InChI=1S/C9H17N/c1-7(2)9(6-10)5-8-3-4-8/h5,7-8H,3-4,6,10H2,1-2H3/b9-5-. The molecule has 1 rings (SSSR count). The molecule has 0 amide bonds. The Bertz CT molecular complexity index is 132. The van der Waals surface area contributed by atoms with Gasteiger partial charge < -0.3 is 5.73 Å². The van der Waals surface area contributed by atoms with E-state index in [1.165, 1.54) is 18.4 Å². The third-order valence-corrected chi connectivity index (χ3v) is 2.05. The first-order chi connectivity index (χ1) is 4.74. The van der Waals surface area contributed by atoms with Crippen LogP contribution in [0.15, 0.2) is 11.6 Å². The first-order valence-electron chi connectivity index (χ1n) is 4.14. The minimum Gasteiger partial charge on any atom is -0.327 e. The van der Waals surface area contributed by atoms with Gasteiger partial charge in [-0.2, -0.15) is 0 Å². The highest BCUT2D eigenvalue weighted by Gasteiger charge is 2.19. The van der Waals surface area contributed by atoms with Crippen LogP contribution in [0.25, 0.3) is 0 Å². The zero-order valence-electron chi connectivity index (χ0n) is 6.93. The maximum atomic E-state index is 5.58. The van der Waals surface area contributed by atoms with E-state index in [4.69, 9.17) is 5.73 Å². The molecule has 0 unspecified atom stereocenters. The number of nitrogens with two attached hydrogens (primary N) is 1. The molecule has 1 fully saturated rings. The molecule has 1 aliphatic carbocycles. The number of allylic oxidation sites excluding steroid dienone is 1. The Morgan fingerprint density at radius 2 is 2.20 bits per heavy atom. The predicted octanol–water partition coefficient (Wildman–Crippen LogP) is 1.94. The van der Waals surface area contributed by atoms with Crippen LogP contribution in [-0.2, 0) is 0 Å². The van der Waals surface area contributed by atoms with Crippen LogP contribution >= 0.6 is 0 Å². The van der Waals surface area contributed by atoms with E-state index in [0.29, 0.717) is 5.92 Å². The molecule has 10 heavy (non-hydrogen) atoms. The van der Waals surface area contributed by atoms with Crippen LogP contribution in [0.1, 0.15) is 26.7 Å². The molecular formula is C9H17N. The molecule has 1 nitrogen and oxygen atoms in total. The fourth-order valence-electron chi connectivity index (χ4n) is 1.06. The lowest BCUT2D eigenvalue weighted by Gasteiger charge is -2.07. The highest BCUT2D eigenvalue weighted by atomic mass is 14.5. The summed E-state index contributed by atoms with van der Waals surface area (Å²) in [4.78, 5) is 0. The van der Waals surface area contributed by atoms with Gasteiger partial charge in [0.05, 0.1) is 0 Å². The van der Waals surface area contributed by atoms with E-state index < -0.39 is 0 Å². The van der Waals surface area contributed by atoms with Gasteiger partial charge in [-0.05, 0) is 24.7 Å². The van der Waals surface area contributed by atoms with Gasteiger partial charge in [0.25, 0.3) is 0 Å². The highest BCUT2D eigenvalue weighted by molar-refractivity contribution is 5.11. The quantitative estimate of drug-likeness (QED) is 0.594. The lowest BCUT2D eigenvalue weighted by atomic mass is 10.0. The Kier molecular flexibility index (Phi) is 2.50. The second-order valence-corrected chi connectivity index (χ2v) is 3.44. The summed E-state index contributed by atoms with van der Waals surface area (Å²) in [7, 11) is 0. The van der Waals surface area contributed by atoms with Gasteiger partial charge in [-0.15, -0.1) is 0 Å². The van der Waals surface area contributed by atoms with Crippen molar-refractivity contribution >= 4 is 0 Å². The van der Waals surface area contributed by atoms with E-state index in [1.54, 1.807) is 0 Å². The summed E-state index contributed by atoms with van der Waals surface area (Å²) in [6.07, 6.45) is 5.14. The molecule has 0 saturated heterocycles. The summed E-state index contributed by atoms with van der Waals surface area (Å²) in [5.74, 6) is 1.52. The van der Waals surface area contributed by atoms with Crippen LogP contribution in [0, 0.1) is 11.8 Å². The van der Waals surface area contributed by atoms with Crippen LogP contribution in [0.3, 0.4) is 0 Å². The molecule has 1 heteroatoms. The second-order valence-electron chi connectivity index (χ2n) is 3.44. The van der Waals surface area contributed by atoms with Gasteiger partial charge in [-0.3, -0.25) is 0 Å². The van der Waals surface area contributed by atoms with Gasteiger partial charge in [0, 0.05) is 6.54 Å². The Morgan fingerprint density at radius 1 is 1.60 bits per heavy atom. The van der Waals surface area contributed by atoms with Gasteiger partial charge in [0.2, 0.25) is 0 Å². The Labute approximate surface area is 63.3 Å². The predicted molar refractivity (Wildman–Crippen MR) is 44.7 cm³/mol. The van der Waals surface area contributed by atoms with Crippen molar-refractivity contribution in [3.63, 3.8) is 0 Å². The molecule has 0 bridgehead atoms. The van der Waals surface area contributed by atoms with Crippen molar-refractivity contribution in [1.29, 1.82) is 0 Å². The van der Waals surface area contributed by atoms with Crippen LogP contribution in [0.5, 0.6) is 0 Å². The van der Waals surface area contributed by atoms with E-state index in [2.05, 4.69) is 19.9 Å². The van der Waals surface area contributed by atoms with E-state index in [0.717, 1.165) is 12.5 Å². The van der Waals surface area contributed by atoms with Crippen LogP contribution in [0.4, 0.5) is 0 Å². The molecule has 1 aliphatic rings. The molecular weight excluding hydrogens is 122 g/mol. The molecule has 0 radical (unpaired) electrons. The van der Waals surface area contributed by atoms with Crippen LogP contribution in [0.2, 0.25) is 0 Å². The third-order valence-electron chi connectivity index (χ3n) is 2.05. The molecule has 2 N–H and O–H groups in total. The fourth-order valence-corrected chi connectivity index (χ4v) is 1.06. The van der Waals surface area contributed by atoms with Crippen molar-refractivity contribution in [2.75, 3.05) is 6.54 Å². The highest BCUT2D eigenvalue weighted by Crippen LogP contribution is 2.32. The molecule has 0 spiro atoms. The normalized spacial score (nSPS) is 20.2. The van der Waals surface area contributed by atoms with Gasteiger partial charge in [-0.1, -0.05) is 25.5 Å². The summed E-state index contributed by atoms with van der Waals surface area (Å²) in [5, 5.41) is 0. The van der Waals surface area contributed by atoms with E-state index in [-0.39, 0.29) is 0 Å². The minimum absolute atomic E-state index is 0.644. The molecule has 0 heterocycles. The smallest absolute Gasteiger partial charge is 0.0139 e. The lowest BCUT2D eigenvalue weighted by molar-refractivity contribution is 0.735. The van der Waals surface area contributed by atoms with Crippen LogP contribution in [-0.4, -0.2) is 6.54 Å². The fraction of sp³-hybridized carbons (Fsp3) is 0.778. The monoisotopic (exact) mass is 139 g/mol. The SMILES string of the molecule is CC(C)/C(=C\C1CC1)CN. The third kappa shape index (κ3) is 2.14. The average Bonchev–Trinajstić information content (AvgIpc) is 2.64. The molecule has 1 saturated carbocycles. The van der Waals surface area contributed by atoms with Crippen molar-refractivity contribution in [3.05, 3.63) is 11.6 Å². The van der Waals surface area contributed by atoms with Crippen molar-refractivity contribution in [2.24, 2.45) is 17.6 Å². The first kappa shape index (κ1) is 7.80. The van der Waals surface area contributed by atoms with Crippen molar-refractivity contribution in [3.8, 4) is 0 Å². The average molecular weight is 139 g/mol. The molecule has 0 aromatic rings. The maximum absolute atomic E-state index is 5.58. The van der Waals surface area contributed by atoms with E-state index in [9.17, 15) is 0 Å². The van der Waals surface area contributed by atoms with Gasteiger partial charge in [0.1, 0.15) is 0 Å². The topological polar surface area (TPSA) is 26.0 Å². The summed E-state index contributed by atoms with van der Waals surface area (Å²) < 4.78 is 0. The molecule has 0 aromatic heterocycles. The van der Waals surface area contributed by atoms with Crippen LogP contribution < -0.4 is 5.73 Å². The second kappa shape index (κ2) is 3.20. The number of hydrogen-bond acceptors (Lipinski definition) is 1. The van der Waals surface area contributed by atoms with Crippen molar-refractivity contribution in [2.45, 2.75) is 26.7 Å². The molecule has 58 valence electrons. The number of rotatable bonds is 3. The Hall–Kier alpha value is -0.300. The largest absolute Gasteiger partial charge is 0.327 e. The Morgan fingerprint density at radius 3 is 2.50 bits per heavy atom. The number of hydrogen-bond donors (Lipinski definition) is 1. The van der Waals surface area contributed by atoms with E-state index in [1.807, 2.05) is 0 Å². The van der Waals surface area contributed by atoms with Crippen molar-refractivity contribution < 1.29 is 0 Å². The molecule has 0 atom stereocenters. The zero-order valence-corrected chi connectivity index (χ0v) is 6.93. The van der Waals surface area contributed by atoms with Gasteiger partial charge in [-0.25, -0.2) is 0 Å². The Balaban J connectivity index is 2.44. The summed E-state index contributed by atoms with van der Waals surface area (Å²) in [5.41, 5.74) is 7.01. The van der Waals surface area contributed by atoms with Gasteiger partial charge >= 0.3 is 0 Å². The molecule has 0 aromatic carbocycles. The summed E-state index contributed by atoms with van der Waals surface area (Å²) in [6, 6.07) is 0. The van der Waals surface area contributed by atoms with Gasteiger partial charge in [0.15, 0.2) is 0 Å². The maximum Gasteiger partial charge on any atom is 0.0139 e. The first-order valence-corrected chi connectivity index (χ1v) is 4.14. The lowest BCUT2D eigenvalue weighted by Crippen LogP contribution is -2.08. The zero-order chi connectivity index (χ0) is 7.56. The minimum atomic E-state index is 0.644.